The Hall–Kier alpha value is -3.08. The molecule has 2 rings (SSSR count). The van der Waals surface area contributed by atoms with Crippen molar-refractivity contribution >= 4 is 23.9 Å². The number of para-hydroxylation sites is 1. The number of methoxy groups -OCH3 is 2. The van der Waals surface area contributed by atoms with Crippen LogP contribution < -0.4 is 26.1 Å². The highest BCUT2D eigenvalue weighted by Gasteiger charge is 2.09. The van der Waals surface area contributed by atoms with E-state index in [9.17, 15) is 14.4 Å². The molecule has 0 aliphatic rings. The third kappa shape index (κ3) is 4.94. The van der Waals surface area contributed by atoms with Crippen LogP contribution in [0.5, 0.6) is 11.5 Å². The number of aromatic amines is 2. The third-order valence-corrected chi connectivity index (χ3v) is 3.80. The van der Waals surface area contributed by atoms with Crippen LogP contribution in [-0.4, -0.2) is 47.3 Å². The van der Waals surface area contributed by atoms with Gasteiger partial charge in [0.25, 0.3) is 5.56 Å². The van der Waals surface area contributed by atoms with Gasteiger partial charge >= 0.3 is 5.69 Å². The summed E-state index contributed by atoms with van der Waals surface area (Å²) in [4.78, 5) is 36.1. The summed E-state index contributed by atoms with van der Waals surface area (Å²) >= 11 is 0.868. The number of rotatable bonds is 7. The Morgan fingerprint density at radius 3 is 2.84 bits per heavy atom. The maximum atomic E-state index is 11.7. The van der Waals surface area contributed by atoms with E-state index in [2.05, 4.69) is 20.7 Å². The van der Waals surface area contributed by atoms with Crippen molar-refractivity contribution in [1.82, 2.24) is 20.6 Å². The molecule has 0 bridgehead atoms. The summed E-state index contributed by atoms with van der Waals surface area (Å²) < 4.78 is 10.4. The number of nitrogens with one attached hydrogen (secondary N) is 3. The molecule has 0 aliphatic heterocycles. The fraction of sp³-hybridized carbons (Fsp3) is 0.214. The lowest BCUT2D eigenvalue weighted by Gasteiger charge is -2.09. The molecule has 0 fully saturated rings. The average molecular weight is 365 g/mol. The predicted octanol–water partition coefficient (Wildman–Crippen LogP) is -0.282. The first-order valence-electron chi connectivity index (χ1n) is 6.90. The van der Waals surface area contributed by atoms with E-state index in [1.807, 2.05) is 4.98 Å². The highest BCUT2D eigenvalue weighted by molar-refractivity contribution is 7.99. The molecule has 0 unspecified atom stereocenters. The van der Waals surface area contributed by atoms with Gasteiger partial charge in [0.15, 0.2) is 16.5 Å². The monoisotopic (exact) mass is 365 g/mol. The Morgan fingerprint density at radius 1 is 1.36 bits per heavy atom. The summed E-state index contributed by atoms with van der Waals surface area (Å²) in [6.07, 6.45) is 1.41. The molecule has 1 heterocycles. The second-order valence-corrected chi connectivity index (χ2v) is 5.44. The second-order valence-electron chi connectivity index (χ2n) is 4.48. The minimum absolute atomic E-state index is 0.0202. The molecule has 10 nitrogen and oxygen atoms in total. The van der Waals surface area contributed by atoms with Crippen LogP contribution in [-0.2, 0) is 4.79 Å². The van der Waals surface area contributed by atoms with Crippen molar-refractivity contribution in [3.8, 4) is 11.5 Å². The first-order chi connectivity index (χ1) is 12.0. The lowest BCUT2D eigenvalue weighted by atomic mass is 10.2. The van der Waals surface area contributed by atoms with Gasteiger partial charge in [-0.1, -0.05) is 17.8 Å². The van der Waals surface area contributed by atoms with E-state index in [0.717, 1.165) is 11.8 Å². The normalized spacial score (nSPS) is 10.6. The molecule has 0 saturated carbocycles. The minimum Gasteiger partial charge on any atom is -0.493 e. The lowest BCUT2D eigenvalue weighted by molar-refractivity contribution is -0.118. The van der Waals surface area contributed by atoms with Crippen molar-refractivity contribution < 1.29 is 14.3 Å². The lowest BCUT2D eigenvalue weighted by Crippen LogP contribution is -2.26. The van der Waals surface area contributed by atoms with Gasteiger partial charge in [0.2, 0.25) is 5.91 Å². The molecule has 0 atom stereocenters. The van der Waals surface area contributed by atoms with Crippen molar-refractivity contribution in [2.75, 3.05) is 20.0 Å². The number of hydrogen-bond donors (Lipinski definition) is 3. The number of benzene rings is 1. The molecule has 1 aromatic heterocycles. The Balaban J connectivity index is 1.95. The van der Waals surface area contributed by atoms with Gasteiger partial charge < -0.3 is 9.47 Å². The smallest absolute Gasteiger partial charge is 0.342 e. The number of carbonyl (C=O) groups is 1. The van der Waals surface area contributed by atoms with Gasteiger partial charge in [0.1, 0.15) is 0 Å². The number of hydrazone groups is 1. The number of carbonyl (C=O) groups excluding carboxylic acids is 1. The summed E-state index contributed by atoms with van der Waals surface area (Å²) in [6.45, 7) is 0. The highest BCUT2D eigenvalue weighted by Crippen LogP contribution is 2.29. The van der Waals surface area contributed by atoms with Gasteiger partial charge in [0, 0.05) is 5.56 Å². The molecule has 0 aliphatic carbocycles. The number of aromatic nitrogens is 3. The van der Waals surface area contributed by atoms with Crippen LogP contribution in [0.2, 0.25) is 0 Å². The summed E-state index contributed by atoms with van der Waals surface area (Å²) in [5.74, 6) is 0.475. The van der Waals surface area contributed by atoms with Crippen LogP contribution in [0.15, 0.2) is 37.9 Å². The maximum Gasteiger partial charge on any atom is 0.342 e. The molecule has 0 spiro atoms. The van der Waals surface area contributed by atoms with E-state index in [1.165, 1.54) is 20.4 Å². The SMILES string of the molecule is COc1cccc(/C=N/NC(=O)CSc2n[nH]c(=O)[nH]c2=O)c1OC. The van der Waals surface area contributed by atoms with Crippen molar-refractivity contribution in [1.29, 1.82) is 0 Å². The molecule has 11 heteroatoms. The van der Waals surface area contributed by atoms with E-state index in [4.69, 9.17) is 9.47 Å². The van der Waals surface area contributed by atoms with E-state index in [0.29, 0.717) is 17.1 Å². The zero-order valence-corrected chi connectivity index (χ0v) is 14.2. The van der Waals surface area contributed by atoms with Crippen molar-refractivity contribution in [3.63, 3.8) is 0 Å². The number of thioether (sulfide) groups is 1. The highest BCUT2D eigenvalue weighted by atomic mass is 32.2. The fourth-order valence-corrected chi connectivity index (χ4v) is 2.41. The number of amides is 1. The van der Waals surface area contributed by atoms with Gasteiger partial charge in [-0.2, -0.15) is 10.2 Å². The van der Waals surface area contributed by atoms with Gasteiger partial charge in [0.05, 0.1) is 26.2 Å². The Morgan fingerprint density at radius 2 is 2.16 bits per heavy atom. The van der Waals surface area contributed by atoms with Crippen LogP contribution in [0.4, 0.5) is 0 Å². The molecule has 2 aromatic rings. The molecule has 0 radical (unpaired) electrons. The van der Waals surface area contributed by atoms with Crippen LogP contribution in [0.3, 0.4) is 0 Å². The molecule has 3 N–H and O–H groups in total. The quantitative estimate of drug-likeness (QED) is 0.348. The molecule has 1 amide bonds. The Bertz CT molecular complexity index is 892. The van der Waals surface area contributed by atoms with Crippen molar-refractivity contribution in [2.24, 2.45) is 5.10 Å². The van der Waals surface area contributed by atoms with E-state index in [-0.39, 0.29) is 10.8 Å². The van der Waals surface area contributed by atoms with Crippen LogP contribution in [0.25, 0.3) is 0 Å². The summed E-state index contributed by atoms with van der Waals surface area (Å²) in [6, 6.07) is 5.24. The molecule has 132 valence electrons. The van der Waals surface area contributed by atoms with Crippen LogP contribution >= 0.6 is 11.8 Å². The Kier molecular flexibility index (Phi) is 6.34. The fourth-order valence-electron chi connectivity index (χ4n) is 1.79. The molecule has 1 aromatic carbocycles. The van der Waals surface area contributed by atoms with Gasteiger partial charge in [-0.15, -0.1) is 0 Å². The number of H-pyrrole nitrogens is 2. The standard InChI is InChI=1S/C14H15N5O5S/c1-23-9-5-3-4-8(11(9)24-2)6-15-17-10(20)7-25-13-12(21)16-14(22)19-18-13/h3-6H,7H2,1-2H3,(H,17,20)(H2,16,19,21,22)/b15-6+. The Labute approximate surface area is 145 Å². The van der Waals surface area contributed by atoms with E-state index >= 15 is 0 Å². The first-order valence-corrected chi connectivity index (χ1v) is 7.88. The van der Waals surface area contributed by atoms with E-state index < -0.39 is 17.2 Å². The average Bonchev–Trinajstić information content (AvgIpc) is 2.60. The first kappa shape index (κ1) is 18.3. The molecular weight excluding hydrogens is 350 g/mol. The summed E-state index contributed by atoms with van der Waals surface area (Å²) in [5, 5.41) is 9.45. The van der Waals surface area contributed by atoms with Crippen molar-refractivity contribution in [2.45, 2.75) is 5.03 Å². The largest absolute Gasteiger partial charge is 0.493 e. The summed E-state index contributed by atoms with van der Waals surface area (Å²) in [7, 11) is 3.02. The molecule has 0 saturated heterocycles. The predicted molar refractivity (Wildman–Crippen MR) is 91.5 cm³/mol. The third-order valence-electron chi connectivity index (χ3n) is 2.85. The zero-order chi connectivity index (χ0) is 18.2. The van der Waals surface area contributed by atoms with Gasteiger partial charge in [-0.25, -0.2) is 15.3 Å². The van der Waals surface area contributed by atoms with Crippen LogP contribution in [0, 0.1) is 0 Å². The van der Waals surface area contributed by atoms with Gasteiger partial charge in [-0.3, -0.25) is 14.6 Å². The number of hydrogen-bond acceptors (Lipinski definition) is 8. The minimum atomic E-state index is -0.712. The topological polar surface area (TPSA) is 139 Å². The maximum absolute atomic E-state index is 11.7. The van der Waals surface area contributed by atoms with Crippen LogP contribution in [0.1, 0.15) is 5.56 Å². The second kappa shape index (κ2) is 8.68. The zero-order valence-electron chi connectivity index (χ0n) is 13.4. The van der Waals surface area contributed by atoms with Crippen molar-refractivity contribution in [3.05, 3.63) is 44.6 Å². The summed E-state index contributed by atoms with van der Waals surface area (Å²) in [5.41, 5.74) is 1.57. The van der Waals surface area contributed by atoms with E-state index in [1.54, 1.807) is 18.2 Å². The molecule has 25 heavy (non-hydrogen) atoms. The molecular formula is C14H15N5O5S. The number of nitrogens with zero attached hydrogens (tertiary/aromatic N) is 2. The van der Waals surface area contributed by atoms with Gasteiger partial charge in [-0.05, 0) is 12.1 Å². The number of ether oxygens (including phenoxy) is 2.